The topological polar surface area (TPSA) is 118 Å². The Morgan fingerprint density at radius 1 is 0.792 bits per heavy atom. The van der Waals surface area contributed by atoms with Crippen molar-refractivity contribution in [1.82, 2.24) is 9.44 Å². The van der Waals surface area contributed by atoms with Crippen molar-refractivity contribution in [1.29, 1.82) is 0 Å². The molecule has 0 spiro atoms. The van der Waals surface area contributed by atoms with Crippen molar-refractivity contribution in [2.45, 2.75) is 69.0 Å². The first-order valence-electron chi connectivity index (χ1n) is 7.48. The van der Waals surface area contributed by atoms with Gasteiger partial charge in [0.25, 0.3) is 0 Å². The molecule has 9 heteroatoms. The summed E-state index contributed by atoms with van der Waals surface area (Å²) in [5.41, 5.74) is 4.63. The second-order valence-corrected chi connectivity index (χ2v) is 11.1. The lowest BCUT2D eigenvalue weighted by Crippen LogP contribution is -2.41. The summed E-state index contributed by atoms with van der Waals surface area (Å²) in [6, 6.07) is 3.90. The maximum Gasteiger partial charge on any atom is 0.241 e. The standard InChI is InChI=1S/C15H27N3O4S2/c1-14(2,3)17-23(19,20)12-7-11(10-16)8-13(9-12)24(21,22)18-15(4,5)6/h7-9,17-18H,10,16H2,1-6H3. The van der Waals surface area contributed by atoms with Crippen LogP contribution < -0.4 is 15.2 Å². The largest absolute Gasteiger partial charge is 0.326 e. The highest BCUT2D eigenvalue weighted by atomic mass is 32.2. The van der Waals surface area contributed by atoms with E-state index in [1.165, 1.54) is 12.1 Å². The van der Waals surface area contributed by atoms with E-state index in [1.807, 2.05) is 0 Å². The summed E-state index contributed by atoms with van der Waals surface area (Å²) in [4.78, 5) is -0.260. The van der Waals surface area contributed by atoms with Crippen molar-refractivity contribution in [3.8, 4) is 0 Å². The summed E-state index contributed by atoms with van der Waals surface area (Å²) in [6.07, 6.45) is 0. The van der Waals surface area contributed by atoms with Gasteiger partial charge in [-0.3, -0.25) is 0 Å². The summed E-state index contributed by atoms with van der Waals surface area (Å²) in [6.45, 7) is 10.3. The predicted molar refractivity (Wildman–Crippen MR) is 94.5 cm³/mol. The number of hydrogen-bond acceptors (Lipinski definition) is 5. The minimum Gasteiger partial charge on any atom is -0.326 e. The van der Waals surface area contributed by atoms with Gasteiger partial charge in [0.15, 0.2) is 0 Å². The summed E-state index contributed by atoms with van der Waals surface area (Å²) in [5, 5.41) is 0. The van der Waals surface area contributed by atoms with E-state index in [0.29, 0.717) is 5.56 Å². The molecule has 0 unspecified atom stereocenters. The molecule has 1 aromatic rings. The molecule has 0 amide bonds. The molecule has 1 rings (SSSR count). The first-order valence-corrected chi connectivity index (χ1v) is 10.4. The van der Waals surface area contributed by atoms with Crippen molar-refractivity contribution in [2.24, 2.45) is 5.73 Å². The van der Waals surface area contributed by atoms with Gasteiger partial charge >= 0.3 is 0 Å². The summed E-state index contributed by atoms with van der Waals surface area (Å²) in [7, 11) is -7.75. The Balaban J connectivity index is 3.48. The third-order valence-electron chi connectivity index (χ3n) is 2.68. The van der Waals surface area contributed by atoms with E-state index in [4.69, 9.17) is 5.73 Å². The van der Waals surface area contributed by atoms with Crippen LogP contribution in [0.4, 0.5) is 0 Å². The first kappa shape index (κ1) is 21.0. The summed E-state index contributed by atoms with van der Waals surface area (Å²) in [5.74, 6) is 0. The van der Waals surface area contributed by atoms with Crippen molar-refractivity contribution in [3.05, 3.63) is 23.8 Å². The van der Waals surface area contributed by atoms with Gasteiger partial charge in [-0.05, 0) is 65.3 Å². The fourth-order valence-electron chi connectivity index (χ4n) is 1.98. The molecule has 0 radical (unpaired) electrons. The van der Waals surface area contributed by atoms with Crippen LogP contribution in [0.25, 0.3) is 0 Å². The van der Waals surface area contributed by atoms with Crippen LogP contribution in [-0.4, -0.2) is 27.9 Å². The molecule has 0 saturated heterocycles. The van der Waals surface area contributed by atoms with Crippen molar-refractivity contribution in [2.75, 3.05) is 0 Å². The molecule has 0 heterocycles. The third-order valence-corrected chi connectivity index (χ3v) is 6.15. The molecule has 4 N–H and O–H groups in total. The quantitative estimate of drug-likeness (QED) is 0.715. The van der Waals surface area contributed by atoms with E-state index in [2.05, 4.69) is 9.44 Å². The summed E-state index contributed by atoms with van der Waals surface area (Å²) < 4.78 is 55.1. The maximum absolute atomic E-state index is 12.5. The van der Waals surface area contributed by atoms with E-state index in [9.17, 15) is 16.8 Å². The molecule has 0 aliphatic rings. The van der Waals surface area contributed by atoms with Gasteiger partial charge < -0.3 is 5.73 Å². The van der Waals surface area contributed by atoms with Crippen LogP contribution >= 0.6 is 0 Å². The van der Waals surface area contributed by atoms with Crippen molar-refractivity contribution in [3.63, 3.8) is 0 Å². The minimum absolute atomic E-state index is 0.0247. The molecular formula is C15H27N3O4S2. The normalized spacial score (nSPS) is 14.0. The lowest BCUT2D eigenvalue weighted by molar-refractivity contribution is 0.491. The number of benzene rings is 1. The van der Waals surface area contributed by atoms with Crippen LogP contribution in [0.15, 0.2) is 28.0 Å². The number of nitrogens with one attached hydrogen (secondary N) is 2. The molecule has 0 atom stereocenters. The molecule has 0 bridgehead atoms. The lowest BCUT2D eigenvalue weighted by Gasteiger charge is -2.22. The van der Waals surface area contributed by atoms with Crippen LogP contribution in [0, 0.1) is 0 Å². The Hall–Kier alpha value is -1.00. The molecule has 0 aliphatic heterocycles. The van der Waals surface area contributed by atoms with Gasteiger partial charge in [-0.15, -0.1) is 0 Å². The smallest absolute Gasteiger partial charge is 0.241 e. The van der Waals surface area contributed by atoms with Gasteiger partial charge in [0.05, 0.1) is 9.79 Å². The van der Waals surface area contributed by atoms with Crippen LogP contribution in [-0.2, 0) is 26.6 Å². The zero-order valence-electron chi connectivity index (χ0n) is 15.0. The van der Waals surface area contributed by atoms with Gasteiger partial charge in [0.1, 0.15) is 0 Å². The van der Waals surface area contributed by atoms with Gasteiger partial charge in [-0.1, -0.05) is 0 Å². The summed E-state index contributed by atoms with van der Waals surface area (Å²) >= 11 is 0. The maximum atomic E-state index is 12.5. The van der Waals surface area contributed by atoms with Crippen molar-refractivity contribution >= 4 is 20.0 Å². The number of hydrogen-bond donors (Lipinski definition) is 3. The number of sulfonamides is 2. The Morgan fingerprint density at radius 3 is 1.38 bits per heavy atom. The van der Waals surface area contributed by atoms with Crippen molar-refractivity contribution < 1.29 is 16.8 Å². The molecule has 7 nitrogen and oxygen atoms in total. The molecule has 0 aliphatic carbocycles. The van der Waals surface area contributed by atoms with Crippen LogP contribution in [0.5, 0.6) is 0 Å². The van der Waals surface area contributed by atoms with E-state index < -0.39 is 31.1 Å². The molecule has 1 aromatic carbocycles. The fraction of sp³-hybridized carbons (Fsp3) is 0.600. The van der Waals surface area contributed by atoms with Crippen LogP contribution in [0.3, 0.4) is 0 Å². The van der Waals surface area contributed by atoms with E-state index in [-0.39, 0.29) is 16.3 Å². The van der Waals surface area contributed by atoms with Gasteiger partial charge in [-0.25, -0.2) is 26.3 Å². The Labute approximate surface area is 145 Å². The minimum atomic E-state index is -3.87. The first-order chi connectivity index (χ1) is 10.6. The van der Waals surface area contributed by atoms with Crippen LogP contribution in [0.2, 0.25) is 0 Å². The number of nitrogens with two attached hydrogens (primary N) is 1. The highest BCUT2D eigenvalue weighted by molar-refractivity contribution is 7.90. The highest BCUT2D eigenvalue weighted by Crippen LogP contribution is 2.21. The lowest BCUT2D eigenvalue weighted by atomic mass is 10.1. The van der Waals surface area contributed by atoms with Crippen LogP contribution in [0.1, 0.15) is 47.1 Å². The average molecular weight is 378 g/mol. The SMILES string of the molecule is CC(C)(C)NS(=O)(=O)c1cc(CN)cc(S(=O)(=O)NC(C)(C)C)c1. The van der Waals surface area contributed by atoms with E-state index in [1.54, 1.807) is 41.5 Å². The zero-order valence-corrected chi connectivity index (χ0v) is 16.6. The Morgan fingerprint density at radius 2 is 1.12 bits per heavy atom. The van der Waals surface area contributed by atoms with Gasteiger partial charge in [-0.2, -0.15) is 0 Å². The Kier molecular flexibility index (Phi) is 5.89. The second-order valence-electron chi connectivity index (χ2n) is 7.73. The molecule has 138 valence electrons. The van der Waals surface area contributed by atoms with E-state index >= 15 is 0 Å². The Bertz CT molecular complexity index is 738. The van der Waals surface area contributed by atoms with E-state index in [0.717, 1.165) is 6.07 Å². The molecule has 0 saturated carbocycles. The molecule has 0 fully saturated rings. The second kappa shape index (κ2) is 6.72. The average Bonchev–Trinajstić information content (AvgIpc) is 2.32. The molecular weight excluding hydrogens is 350 g/mol. The molecule has 24 heavy (non-hydrogen) atoms. The van der Waals surface area contributed by atoms with Gasteiger partial charge in [0.2, 0.25) is 20.0 Å². The van der Waals surface area contributed by atoms with Gasteiger partial charge in [0, 0.05) is 17.6 Å². The number of rotatable bonds is 5. The third kappa shape index (κ3) is 6.14. The predicted octanol–water partition coefficient (Wildman–Crippen LogP) is 1.30. The monoisotopic (exact) mass is 377 g/mol. The fourth-order valence-corrected chi connectivity index (χ4v) is 5.08. The zero-order chi connectivity index (χ0) is 19.0. The highest BCUT2D eigenvalue weighted by Gasteiger charge is 2.27. The molecule has 0 aromatic heterocycles.